The number of halogens is 5. The van der Waals surface area contributed by atoms with E-state index in [4.69, 9.17) is 5.73 Å². The summed E-state index contributed by atoms with van der Waals surface area (Å²) in [6, 6.07) is 6.15. The molecule has 0 aromatic heterocycles. The molecule has 1 unspecified atom stereocenters. The number of hydrogen-bond donors (Lipinski definition) is 2. The van der Waals surface area contributed by atoms with Crippen LogP contribution < -0.4 is 20.5 Å². The summed E-state index contributed by atoms with van der Waals surface area (Å²) in [5.74, 6) is -1.69. The molecule has 1 aliphatic heterocycles. The Hall–Kier alpha value is -2.89. The Morgan fingerprint density at radius 3 is 2.37 bits per heavy atom. The predicted octanol–water partition coefficient (Wildman–Crippen LogP) is 3.47. The van der Waals surface area contributed by atoms with Crippen molar-refractivity contribution in [2.75, 3.05) is 11.1 Å². The first-order valence-electron chi connectivity index (χ1n) is 7.06. The third kappa shape index (κ3) is 3.94. The van der Waals surface area contributed by atoms with Crippen LogP contribution in [0.25, 0.3) is 0 Å². The number of nitrogen functional groups attached to an aromatic ring is 1. The van der Waals surface area contributed by atoms with Crippen molar-refractivity contribution >= 4 is 28.1 Å². The zero-order valence-electron chi connectivity index (χ0n) is 13.0. The third-order valence-electron chi connectivity index (χ3n) is 3.33. The Labute approximate surface area is 150 Å². The first kappa shape index (κ1) is 18.9. The number of alkyl halides is 5. The number of carbonyl (C=O) groups excluding carboxylic acids is 1. The van der Waals surface area contributed by atoms with Crippen LogP contribution in [0.5, 0.6) is 11.5 Å². The van der Waals surface area contributed by atoms with E-state index in [1.54, 1.807) is 0 Å². The summed E-state index contributed by atoms with van der Waals surface area (Å²) in [6.45, 7) is 0. The predicted molar refractivity (Wildman–Crippen MR) is 83.9 cm³/mol. The number of hydrogen-bond acceptors (Lipinski definition) is 5. The van der Waals surface area contributed by atoms with Gasteiger partial charge in [-0.2, -0.15) is 13.2 Å². The van der Waals surface area contributed by atoms with E-state index in [0.717, 1.165) is 30.3 Å². The summed E-state index contributed by atoms with van der Waals surface area (Å²) < 4.78 is 83.5. The zero-order chi connectivity index (χ0) is 20.0. The topological polar surface area (TPSA) is 90.7 Å². The van der Waals surface area contributed by atoms with Crippen LogP contribution in [0.1, 0.15) is 10.4 Å². The van der Waals surface area contributed by atoms with Gasteiger partial charge in [0.25, 0.3) is 5.91 Å². The van der Waals surface area contributed by atoms with Gasteiger partial charge in [0.2, 0.25) is 0 Å². The smallest absolute Gasteiger partial charge is 0.398 e. The molecule has 144 valence electrons. The molecule has 6 nitrogen and oxygen atoms in total. The SMILES string of the molecule is Nc1cc2c(cc1C(=O)Nc1cccc(S(=O)C(F)(F)F)c1)OC(F)(F)O2. The summed E-state index contributed by atoms with van der Waals surface area (Å²) in [7, 11) is -3.28. The molecule has 0 spiro atoms. The van der Waals surface area contributed by atoms with E-state index in [2.05, 4.69) is 14.8 Å². The molecule has 27 heavy (non-hydrogen) atoms. The van der Waals surface area contributed by atoms with E-state index in [0.29, 0.717) is 0 Å². The minimum absolute atomic E-state index is 0.0995. The fourth-order valence-corrected chi connectivity index (χ4v) is 2.93. The highest BCUT2D eigenvalue weighted by molar-refractivity contribution is 7.86. The first-order chi connectivity index (χ1) is 12.5. The van der Waals surface area contributed by atoms with Gasteiger partial charge in [0.15, 0.2) is 22.3 Å². The van der Waals surface area contributed by atoms with Gasteiger partial charge in [0.05, 0.1) is 5.56 Å². The van der Waals surface area contributed by atoms with Crippen LogP contribution in [-0.2, 0) is 10.8 Å². The Kier molecular flexibility index (Phi) is 4.46. The lowest BCUT2D eigenvalue weighted by molar-refractivity contribution is -0.286. The van der Waals surface area contributed by atoms with E-state index in [1.165, 1.54) is 6.07 Å². The highest BCUT2D eigenvalue weighted by Crippen LogP contribution is 2.43. The second-order valence-corrected chi connectivity index (χ2v) is 6.72. The molecule has 2 aromatic carbocycles. The second kappa shape index (κ2) is 6.37. The van der Waals surface area contributed by atoms with Crippen LogP contribution in [0.4, 0.5) is 33.3 Å². The summed E-state index contributed by atoms with van der Waals surface area (Å²) in [6.07, 6.45) is -3.90. The fraction of sp³-hybridized carbons (Fsp3) is 0.133. The van der Waals surface area contributed by atoms with Crippen molar-refractivity contribution in [3.63, 3.8) is 0 Å². The van der Waals surface area contributed by atoms with Crippen molar-refractivity contribution in [1.82, 2.24) is 0 Å². The molecule has 12 heteroatoms. The lowest BCUT2D eigenvalue weighted by atomic mass is 10.1. The van der Waals surface area contributed by atoms with E-state index >= 15 is 0 Å². The van der Waals surface area contributed by atoms with Gasteiger partial charge in [0, 0.05) is 22.3 Å². The molecular formula is C15H9F5N2O4S. The van der Waals surface area contributed by atoms with E-state index < -0.39 is 39.2 Å². The van der Waals surface area contributed by atoms with Crippen LogP contribution in [0, 0.1) is 0 Å². The van der Waals surface area contributed by atoms with Gasteiger partial charge in [-0.3, -0.25) is 4.79 Å². The number of fused-ring (bicyclic) bond motifs is 1. The maximum Gasteiger partial charge on any atom is 0.586 e. The fourth-order valence-electron chi connectivity index (χ4n) is 2.23. The van der Waals surface area contributed by atoms with Crippen LogP contribution >= 0.6 is 0 Å². The molecule has 2 aromatic rings. The number of nitrogens with one attached hydrogen (secondary N) is 1. The molecule has 0 radical (unpaired) electrons. The monoisotopic (exact) mass is 408 g/mol. The molecule has 1 heterocycles. The van der Waals surface area contributed by atoms with Gasteiger partial charge in [-0.05, 0) is 24.3 Å². The number of ether oxygens (including phenoxy) is 2. The van der Waals surface area contributed by atoms with Crippen LogP contribution in [0.2, 0.25) is 0 Å². The maximum atomic E-state index is 13.1. The van der Waals surface area contributed by atoms with Crippen molar-refractivity contribution in [2.45, 2.75) is 16.7 Å². The number of carbonyl (C=O) groups is 1. The largest absolute Gasteiger partial charge is 0.586 e. The van der Waals surface area contributed by atoms with Crippen LogP contribution in [0.15, 0.2) is 41.3 Å². The Morgan fingerprint density at radius 1 is 1.11 bits per heavy atom. The molecule has 3 N–H and O–H groups in total. The van der Waals surface area contributed by atoms with Gasteiger partial charge in [-0.15, -0.1) is 8.78 Å². The van der Waals surface area contributed by atoms with Gasteiger partial charge in [-0.25, -0.2) is 4.21 Å². The van der Waals surface area contributed by atoms with Gasteiger partial charge in [0.1, 0.15) is 0 Å². The summed E-state index contributed by atoms with van der Waals surface area (Å²) >= 11 is 0. The highest BCUT2D eigenvalue weighted by Gasteiger charge is 2.44. The number of rotatable bonds is 3. The molecule has 1 atom stereocenters. The minimum Gasteiger partial charge on any atom is -0.398 e. The molecular weight excluding hydrogens is 399 g/mol. The van der Waals surface area contributed by atoms with E-state index in [1.807, 2.05) is 0 Å². The number of amides is 1. The number of nitrogens with two attached hydrogens (primary N) is 1. The average Bonchev–Trinajstić information content (AvgIpc) is 2.85. The van der Waals surface area contributed by atoms with Gasteiger partial charge < -0.3 is 20.5 Å². The van der Waals surface area contributed by atoms with Crippen molar-refractivity contribution in [3.05, 3.63) is 42.0 Å². The molecule has 1 amide bonds. The average molecular weight is 408 g/mol. The van der Waals surface area contributed by atoms with E-state index in [-0.39, 0.29) is 22.7 Å². The Balaban J connectivity index is 1.84. The van der Waals surface area contributed by atoms with Crippen LogP contribution in [-0.4, -0.2) is 21.9 Å². The molecule has 0 bridgehead atoms. The first-order valence-corrected chi connectivity index (χ1v) is 8.21. The Morgan fingerprint density at radius 2 is 1.74 bits per heavy atom. The number of benzene rings is 2. The lowest BCUT2D eigenvalue weighted by Crippen LogP contribution is -2.25. The van der Waals surface area contributed by atoms with Crippen molar-refractivity contribution in [1.29, 1.82) is 0 Å². The molecule has 0 aliphatic carbocycles. The molecule has 3 rings (SSSR count). The highest BCUT2D eigenvalue weighted by atomic mass is 32.2. The quantitative estimate of drug-likeness (QED) is 0.600. The minimum atomic E-state index is -4.96. The van der Waals surface area contributed by atoms with E-state index in [9.17, 15) is 31.0 Å². The van der Waals surface area contributed by atoms with Crippen molar-refractivity contribution in [3.8, 4) is 11.5 Å². The van der Waals surface area contributed by atoms with Gasteiger partial charge in [-0.1, -0.05) is 6.07 Å². The summed E-state index contributed by atoms with van der Waals surface area (Å²) in [4.78, 5) is 11.7. The molecule has 0 fully saturated rings. The molecule has 0 saturated heterocycles. The zero-order valence-corrected chi connectivity index (χ0v) is 13.8. The molecule has 1 aliphatic rings. The standard InChI is InChI=1S/C15H9F5N2O4S/c16-14(17,18)27(24)8-3-1-2-7(4-8)22-13(23)9-5-11-12(6-10(9)21)26-15(19,20)25-11/h1-6H,21H2,(H,22,23). The summed E-state index contributed by atoms with van der Waals surface area (Å²) in [5, 5.41) is 2.25. The van der Waals surface area contributed by atoms with Crippen molar-refractivity contribution in [2.24, 2.45) is 0 Å². The second-order valence-electron chi connectivity index (χ2n) is 5.25. The Bertz CT molecular complexity index is 948. The third-order valence-corrected chi connectivity index (χ3v) is 4.44. The van der Waals surface area contributed by atoms with Crippen LogP contribution in [0.3, 0.4) is 0 Å². The summed E-state index contributed by atoms with van der Waals surface area (Å²) in [5.41, 5.74) is 0.0849. The number of anilines is 2. The van der Waals surface area contributed by atoms with Gasteiger partial charge >= 0.3 is 11.8 Å². The van der Waals surface area contributed by atoms with Crippen molar-refractivity contribution < 1.29 is 40.4 Å². The maximum absolute atomic E-state index is 13.1. The molecule has 0 saturated carbocycles. The normalized spacial score (nSPS) is 16.0. The lowest BCUT2D eigenvalue weighted by Gasteiger charge is -2.10.